The van der Waals surface area contributed by atoms with Crippen LogP contribution in [0.3, 0.4) is 0 Å². The zero-order chi connectivity index (χ0) is 21.1. The first-order chi connectivity index (χ1) is 13.0. The summed E-state index contributed by atoms with van der Waals surface area (Å²) in [5.41, 5.74) is 0.304. The number of ether oxygens (including phenoxy) is 1. The SMILES string of the molecule is Cc1ccc([N+](=O)[O-])cc1C(=O)N1CCCC(C)C1CNC(=O)OC(C)(C)C. The van der Waals surface area contributed by atoms with E-state index in [-0.39, 0.29) is 30.1 Å². The number of amides is 2. The average molecular weight is 391 g/mol. The molecule has 1 aliphatic heterocycles. The number of likely N-dealkylation sites (tertiary alicyclic amines) is 1. The molecule has 28 heavy (non-hydrogen) atoms. The molecule has 2 atom stereocenters. The minimum absolute atomic E-state index is 0.109. The summed E-state index contributed by atoms with van der Waals surface area (Å²) in [4.78, 5) is 37.5. The Bertz CT molecular complexity index is 757. The van der Waals surface area contributed by atoms with Gasteiger partial charge in [0.25, 0.3) is 11.6 Å². The summed E-state index contributed by atoms with van der Waals surface area (Å²) in [6.45, 7) is 9.99. The third-order valence-electron chi connectivity index (χ3n) is 4.89. The molecule has 1 heterocycles. The number of carbonyl (C=O) groups excluding carboxylic acids is 2. The lowest BCUT2D eigenvalue weighted by atomic mass is 9.89. The number of carbonyl (C=O) groups is 2. The smallest absolute Gasteiger partial charge is 0.407 e. The highest BCUT2D eigenvalue weighted by molar-refractivity contribution is 5.96. The van der Waals surface area contributed by atoms with Gasteiger partial charge in [-0.2, -0.15) is 0 Å². The number of benzene rings is 1. The Balaban J connectivity index is 2.19. The highest BCUT2D eigenvalue weighted by Crippen LogP contribution is 2.27. The molecule has 1 saturated heterocycles. The molecule has 2 rings (SSSR count). The summed E-state index contributed by atoms with van der Waals surface area (Å²) < 4.78 is 5.28. The zero-order valence-corrected chi connectivity index (χ0v) is 17.2. The summed E-state index contributed by atoms with van der Waals surface area (Å²) in [7, 11) is 0. The van der Waals surface area contributed by atoms with E-state index in [4.69, 9.17) is 4.74 Å². The molecule has 0 spiro atoms. The molecule has 1 aliphatic rings. The lowest BCUT2D eigenvalue weighted by Crippen LogP contribution is -2.53. The molecule has 1 N–H and O–H groups in total. The highest BCUT2D eigenvalue weighted by Gasteiger charge is 2.34. The number of alkyl carbamates (subject to hydrolysis) is 1. The van der Waals surface area contributed by atoms with Crippen molar-refractivity contribution in [1.82, 2.24) is 10.2 Å². The van der Waals surface area contributed by atoms with Crippen LogP contribution in [0.1, 0.15) is 56.5 Å². The molecule has 1 aromatic rings. The number of hydrogen-bond acceptors (Lipinski definition) is 5. The van der Waals surface area contributed by atoms with Gasteiger partial charge in [-0.1, -0.05) is 13.0 Å². The van der Waals surface area contributed by atoms with E-state index in [2.05, 4.69) is 5.32 Å². The van der Waals surface area contributed by atoms with Crippen LogP contribution in [0.2, 0.25) is 0 Å². The number of non-ortho nitro benzene ring substituents is 1. The number of nitrogens with zero attached hydrogens (tertiary/aromatic N) is 2. The van der Waals surface area contributed by atoms with Gasteiger partial charge in [-0.05, 0) is 52.0 Å². The quantitative estimate of drug-likeness (QED) is 0.623. The summed E-state index contributed by atoms with van der Waals surface area (Å²) in [6.07, 6.45) is 1.27. The van der Waals surface area contributed by atoms with Crippen LogP contribution in [0.5, 0.6) is 0 Å². The standard InChI is InChI=1S/C20H29N3O5/c1-13-8-9-15(23(26)27)11-16(13)18(24)22-10-6-7-14(2)17(22)12-21-19(25)28-20(3,4)5/h8-9,11,14,17H,6-7,10,12H2,1-5H3,(H,21,25). The minimum atomic E-state index is -0.599. The average Bonchev–Trinajstić information content (AvgIpc) is 2.58. The Morgan fingerprint density at radius 3 is 2.64 bits per heavy atom. The second-order valence-electron chi connectivity index (χ2n) is 8.32. The summed E-state index contributed by atoms with van der Waals surface area (Å²) in [5, 5.41) is 13.8. The van der Waals surface area contributed by atoms with E-state index in [1.807, 2.05) is 6.92 Å². The van der Waals surface area contributed by atoms with E-state index in [0.717, 1.165) is 12.8 Å². The van der Waals surface area contributed by atoms with Gasteiger partial charge >= 0.3 is 6.09 Å². The Kier molecular flexibility index (Phi) is 6.64. The molecule has 2 amide bonds. The first kappa shape index (κ1) is 21.7. The first-order valence-electron chi connectivity index (χ1n) is 9.52. The van der Waals surface area contributed by atoms with Crippen LogP contribution < -0.4 is 5.32 Å². The van der Waals surface area contributed by atoms with Crippen molar-refractivity contribution in [1.29, 1.82) is 0 Å². The van der Waals surface area contributed by atoms with Crippen LogP contribution in [0.15, 0.2) is 18.2 Å². The van der Waals surface area contributed by atoms with E-state index in [1.54, 1.807) is 38.7 Å². The number of hydrogen-bond donors (Lipinski definition) is 1. The Labute approximate surface area is 165 Å². The molecule has 8 heteroatoms. The molecule has 0 saturated carbocycles. The predicted octanol–water partition coefficient (Wildman–Crippen LogP) is 3.67. The van der Waals surface area contributed by atoms with Crippen molar-refractivity contribution < 1.29 is 19.2 Å². The molecule has 1 aromatic carbocycles. The van der Waals surface area contributed by atoms with Crippen molar-refractivity contribution >= 4 is 17.7 Å². The van der Waals surface area contributed by atoms with E-state index in [9.17, 15) is 19.7 Å². The molecule has 8 nitrogen and oxygen atoms in total. The molecule has 0 aliphatic carbocycles. The Morgan fingerprint density at radius 1 is 1.36 bits per heavy atom. The zero-order valence-electron chi connectivity index (χ0n) is 17.2. The van der Waals surface area contributed by atoms with Gasteiger partial charge in [-0.25, -0.2) is 4.79 Å². The largest absolute Gasteiger partial charge is 0.444 e. The fraction of sp³-hybridized carbons (Fsp3) is 0.600. The lowest BCUT2D eigenvalue weighted by molar-refractivity contribution is -0.384. The molecular formula is C20H29N3O5. The number of nitro benzene ring substituents is 1. The molecule has 0 radical (unpaired) electrons. The summed E-state index contributed by atoms with van der Waals surface area (Å²) in [5.74, 6) is -0.0598. The monoisotopic (exact) mass is 391 g/mol. The highest BCUT2D eigenvalue weighted by atomic mass is 16.6. The second-order valence-corrected chi connectivity index (χ2v) is 8.32. The van der Waals surface area contributed by atoms with E-state index < -0.39 is 16.6 Å². The van der Waals surface area contributed by atoms with Crippen molar-refractivity contribution in [2.24, 2.45) is 5.92 Å². The number of nitrogens with one attached hydrogen (secondary N) is 1. The van der Waals surface area contributed by atoms with Crippen LogP contribution in [0, 0.1) is 23.0 Å². The summed E-state index contributed by atoms with van der Waals surface area (Å²) >= 11 is 0. The van der Waals surface area contributed by atoms with Gasteiger partial charge in [-0.3, -0.25) is 14.9 Å². The maximum Gasteiger partial charge on any atom is 0.407 e. The van der Waals surface area contributed by atoms with Crippen molar-refractivity contribution in [2.75, 3.05) is 13.1 Å². The lowest BCUT2D eigenvalue weighted by Gasteiger charge is -2.40. The van der Waals surface area contributed by atoms with E-state index in [1.165, 1.54) is 12.1 Å². The van der Waals surface area contributed by atoms with E-state index >= 15 is 0 Å². The van der Waals surface area contributed by atoms with Gasteiger partial charge in [0, 0.05) is 30.8 Å². The normalized spacial score (nSPS) is 19.8. The van der Waals surface area contributed by atoms with Crippen molar-refractivity contribution in [3.8, 4) is 0 Å². The van der Waals surface area contributed by atoms with Crippen molar-refractivity contribution in [3.63, 3.8) is 0 Å². The van der Waals surface area contributed by atoms with Gasteiger partial charge in [0.1, 0.15) is 5.60 Å². The Hall–Kier alpha value is -2.64. The number of piperidine rings is 1. The number of rotatable bonds is 4. The number of aryl methyl sites for hydroxylation is 1. The molecule has 154 valence electrons. The van der Waals surface area contributed by atoms with Crippen LogP contribution in [0.4, 0.5) is 10.5 Å². The van der Waals surface area contributed by atoms with Crippen molar-refractivity contribution in [3.05, 3.63) is 39.4 Å². The molecule has 0 aromatic heterocycles. The topological polar surface area (TPSA) is 102 Å². The first-order valence-corrected chi connectivity index (χ1v) is 9.52. The van der Waals surface area contributed by atoms with E-state index in [0.29, 0.717) is 17.7 Å². The van der Waals surface area contributed by atoms with Gasteiger partial charge in [0.2, 0.25) is 0 Å². The molecular weight excluding hydrogens is 362 g/mol. The molecule has 0 bridgehead atoms. The second kappa shape index (κ2) is 8.58. The van der Waals surface area contributed by atoms with Crippen LogP contribution in [-0.2, 0) is 4.74 Å². The minimum Gasteiger partial charge on any atom is -0.444 e. The van der Waals surface area contributed by atoms with Crippen LogP contribution >= 0.6 is 0 Å². The maximum atomic E-state index is 13.2. The van der Waals surface area contributed by atoms with Gasteiger partial charge in [-0.15, -0.1) is 0 Å². The van der Waals surface area contributed by atoms with Gasteiger partial charge in [0.15, 0.2) is 0 Å². The Morgan fingerprint density at radius 2 is 2.04 bits per heavy atom. The molecule has 2 unspecified atom stereocenters. The fourth-order valence-corrected chi connectivity index (χ4v) is 3.42. The van der Waals surface area contributed by atoms with Gasteiger partial charge < -0.3 is 15.0 Å². The van der Waals surface area contributed by atoms with Gasteiger partial charge in [0.05, 0.1) is 11.0 Å². The third-order valence-corrected chi connectivity index (χ3v) is 4.89. The van der Waals surface area contributed by atoms with Crippen LogP contribution in [0.25, 0.3) is 0 Å². The van der Waals surface area contributed by atoms with Crippen LogP contribution in [-0.4, -0.2) is 46.6 Å². The maximum absolute atomic E-state index is 13.2. The predicted molar refractivity (Wildman–Crippen MR) is 105 cm³/mol. The number of nitro groups is 1. The summed E-state index contributed by atoms with van der Waals surface area (Å²) in [6, 6.07) is 4.11. The fourth-order valence-electron chi connectivity index (χ4n) is 3.42. The third kappa shape index (κ3) is 5.43. The molecule has 1 fully saturated rings. The van der Waals surface area contributed by atoms with Crippen molar-refractivity contribution in [2.45, 2.75) is 59.1 Å².